The minimum Gasteiger partial charge on any atom is -0.480 e. The van der Waals surface area contributed by atoms with Gasteiger partial charge in [-0.2, -0.15) is 5.26 Å². The molecule has 6 heteroatoms. The van der Waals surface area contributed by atoms with Gasteiger partial charge in [0.05, 0.1) is 19.0 Å². The molecular formula is C14H15N3O3. The Morgan fingerprint density at radius 3 is 2.90 bits per heavy atom. The Labute approximate surface area is 116 Å². The van der Waals surface area contributed by atoms with Crippen LogP contribution in [0.1, 0.15) is 12.0 Å². The molecule has 1 aromatic rings. The van der Waals surface area contributed by atoms with Gasteiger partial charge in [0.2, 0.25) is 5.91 Å². The number of para-hydroxylation sites is 1. The van der Waals surface area contributed by atoms with Crippen LogP contribution < -0.4 is 10.2 Å². The van der Waals surface area contributed by atoms with E-state index in [2.05, 4.69) is 5.32 Å². The molecular weight excluding hydrogens is 258 g/mol. The average Bonchev–Trinajstić information content (AvgIpc) is 2.78. The van der Waals surface area contributed by atoms with Crippen LogP contribution in [0.3, 0.4) is 0 Å². The lowest BCUT2D eigenvalue weighted by Gasteiger charge is -2.23. The van der Waals surface area contributed by atoms with E-state index in [0.717, 1.165) is 11.3 Å². The van der Waals surface area contributed by atoms with Gasteiger partial charge >= 0.3 is 5.97 Å². The summed E-state index contributed by atoms with van der Waals surface area (Å²) >= 11 is 0. The van der Waals surface area contributed by atoms with Gasteiger partial charge in [0.1, 0.15) is 6.04 Å². The number of carbonyl (C=O) groups is 2. The average molecular weight is 273 g/mol. The zero-order valence-electron chi connectivity index (χ0n) is 10.9. The number of hydrogen-bond acceptors (Lipinski definition) is 4. The van der Waals surface area contributed by atoms with Gasteiger partial charge in [0.25, 0.3) is 0 Å². The minimum absolute atomic E-state index is 0.0145. The fraction of sp³-hybridized carbons (Fsp3) is 0.357. The van der Waals surface area contributed by atoms with Gasteiger partial charge in [-0.15, -0.1) is 0 Å². The van der Waals surface area contributed by atoms with Crippen molar-refractivity contribution in [3.05, 3.63) is 29.8 Å². The summed E-state index contributed by atoms with van der Waals surface area (Å²) in [6, 6.07) is 8.60. The van der Waals surface area contributed by atoms with Crippen LogP contribution in [0.4, 0.5) is 5.69 Å². The van der Waals surface area contributed by atoms with Crippen LogP contribution in [0.25, 0.3) is 0 Å². The number of anilines is 1. The zero-order chi connectivity index (χ0) is 14.5. The number of benzene rings is 1. The standard InChI is InChI=1S/C14H15N3O3/c15-6-3-7-16-13(18)9-17-11-5-2-1-4-10(11)8-12(17)14(19)20/h1-2,4-5,12H,3,7-9H2,(H,16,18)(H,19,20). The summed E-state index contributed by atoms with van der Waals surface area (Å²) in [5.74, 6) is -1.21. The summed E-state index contributed by atoms with van der Waals surface area (Å²) in [5.41, 5.74) is 1.72. The third-order valence-corrected chi connectivity index (χ3v) is 3.25. The molecule has 0 spiro atoms. The Morgan fingerprint density at radius 1 is 1.45 bits per heavy atom. The van der Waals surface area contributed by atoms with E-state index in [4.69, 9.17) is 5.26 Å². The van der Waals surface area contributed by atoms with E-state index in [-0.39, 0.29) is 25.4 Å². The lowest BCUT2D eigenvalue weighted by molar-refractivity contribution is -0.138. The number of nitrogens with one attached hydrogen (secondary N) is 1. The first-order valence-corrected chi connectivity index (χ1v) is 6.34. The first kappa shape index (κ1) is 13.9. The minimum atomic E-state index is -0.939. The number of carbonyl (C=O) groups excluding carboxylic acids is 1. The van der Waals surface area contributed by atoms with Crippen LogP contribution >= 0.6 is 0 Å². The maximum absolute atomic E-state index is 11.8. The summed E-state index contributed by atoms with van der Waals surface area (Å²) in [6.45, 7) is 0.266. The fourth-order valence-electron chi connectivity index (χ4n) is 2.33. The molecule has 1 unspecified atom stereocenters. The highest BCUT2D eigenvalue weighted by molar-refractivity contribution is 5.88. The predicted octanol–water partition coefficient (Wildman–Crippen LogP) is 0.532. The Balaban J connectivity index is 2.09. The van der Waals surface area contributed by atoms with Crippen LogP contribution in [-0.2, 0) is 16.0 Å². The Hall–Kier alpha value is -2.55. The molecule has 0 aromatic heterocycles. The van der Waals surface area contributed by atoms with Gasteiger partial charge < -0.3 is 15.3 Å². The van der Waals surface area contributed by atoms with Gasteiger partial charge in [-0.05, 0) is 11.6 Å². The van der Waals surface area contributed by atoms with Crippen molar-refractivity contribution in [3.8, 4) is 6.07 Å². The van der Waals surface area contributed by atoms with E-state index in [9.17, 15) is 14.7 Å². The first-order chi connectivity index (χ1) is 9.63. The van der Waals surface area contributed by atoms with Crippen molar-refractivity contribution < 1.29 is 14.7 Å². The molecule has 0 saturated carbocycles. The number of carboxylic acids is 1. The molecule has 6 nitrogen and oxygen atoms in total. The summed E-state index contributed by atoms with van der Waals surface area (Å²) in [7, 11) is 0. The second-order valence-corrected chi connectivity index (χ2v) is 4.57. The summed E-state index contributed by atoms with van der Waals surface area (Å²) in [4.78, 5) is 24.7. The van der Waals surface area contributed by atoms with Gasteiger partial charge in [-0.1, -0.05) is 18.2 Å². The van der Waals surface area contributed by atoms with E-state index in [1.54, 1.807) is 4.90 Å². The molecule has 2 N–H and O–H groups in total. The molecule has 20 heavy (non-hydrogen) atoms. The Kier molecular flexibility index (Phi) is 4.20. The van der Waals surface area contributed by atoms with Crippen LogP contribution in [0.15, 0.2) is 24.3 Å². The SMILES string of the molecule is N#CCCNC(=O)CN1c2ccccc2CC1C(=O)O. The molecule has 1 aliphatic heterocycles. The first-order valence-electron chi connectivity index (χ1n) is 6.34. The topological polar surface area (TPSA) is 93.4 Å². The van der Waals surface area contributed by atoms with Crippen molar-refractivity contribution in [2.75, 3.05) is 18.0 Å². The van der Waals surface area contributed by atoms with Gasteiger partial charge in [0.15, 0.2) is 0 Å². The molecule has 0 fully saturated rings. The molecule has 0 saturated heterocycles. The molecule has 1 aliphatic rings. The van der Waals surface area contributed by atoms with Crippen molar-refractivity contribution in [1.29, 1.82) is 5.26 Å². The van der Waals surface area contributed by atoms with Crippen LogP contribution in [0.5, 0.6) is 0 Å². The van der Waals surface area contributed by atoms with Crippen LogP contribution in [0, 0.1) is 11.3 Å². The number of amides is 1. The number of hydrogen-bond donors (Lipinski definition) is 2. The number of nitriles is 1. The highest BCUT2D eigenvalue weighted by atomic mass is 16.4. The Morgan fingerprint density at radius 2 is 2.20 bits per heavy atom. The smallest absolute Gasteiger partial charge is 0.326 e. The molecule has 1 atom stereocenters. The monoisotopic (exact) mass is 273 g/mol. The van der Waals surface area contributed by atoms with Gasteiger partial charge in [0, 0.05) is 18.7 Å². The highest BCUT2D eigenvalue weighted by Gasteiger charge is 2.35. The van der Waals surface area contributed by atoms with E-state index in [0.29, 0.717) is 6.42 Å². The molecule has 0 bridgehead atoms. The second kappa shape index (κ2) is 6.06. The molecule has 1 aromatic carbocycles. The maximum atomic E-state index is 11.8. The number of aliphatic carboxylic acids is 1. The lowest BCUT2D eigenvalue weighted by Crippen LogP contribution is -2.45. The molecule has 104 valence electrons. The summed E-state index contributed by atoms with van der Waals surface area (Å²) in [5, 5.41) is 20.3. The van der Waals surface area contributed by atoms with Crippen LogP contribution in [0.2, 0.25) is 0 Å². The quantitative estimate of drug-likeness (QED) is 0.763. The maximum Gasteiger partial charge on any atom is 0.326 e. The number of carboxylic acid groups (broad SMARTS) is 1. The van der Waals surface area contributed by atoms with E-state index >= 15 is 0 Å². The van der Waals surface area contributed by atoms with Crippen molar-refractivity contribution in [1.82, 2.24) is 5.32 Å². The second-order valence-electron chi connectivity index (χ2n) is 4.57. The number of rotatable bonds is 5. The van der Waals surface area contributed by atoms with E-state index < -0.39 is 12.0 Å². The van der Waals surface area contributed by atoms with Crippen molar-refractivity contribution in [2.45, 2.75) is 18.9 Å². The molecule has 0 aliphatic carbocycles. The van der Waals surface area contributed by atoms with Gasteiger partial charge in [-0.25, -0.2) is 4.79 Å². The van der Waals surface area contributed by atoms with E-state index in [1.807, 2.05) is 30.3 Å². The predicted molar refractivity (Wildman–Crippen MR) is 72.2 cm³/mol. The summed E-state index contributed by atoms with van der Waals surface area (Å²) in [6.07, 6.45) is 0.641. The molecule has 1 heterocycles. The molecule has 0 radical (unpaired) electrons. The van der Waals surface area contributed by atoms with Gasteiger partial charge in [-0.3, -0.25) is 4.79 Å². The molecule has 1 amide bonds. The van der Waals surface area contributed by atoms with E-state index in [1.165, 1.54) is 0 Å². The van der Waals surface area contributed by atoms with Crippen molar-refractivity contribution >= 4 is 17.6 Å². The number of fused-ring (bicyclic) bond motifs is 1. The highest BCUT2D eigenvalue weighted by Crippen LogP contribution is 2.31. The van der Waals surface area contributed by atoms with Crippen molar-refractivity contribution in [3.63, 3.8) is 0 Å². The fourth-order valence-corrected chi connectivity index (χ4v) is 2.33. The third-order valence-electron chi connectivity index (χ3n) is 3.25. The number of nitrogens with zero attached hydrogens (tertiary/aromatic N) is 2. The zero-order valence-corrected chi connectivity index (χ0v) is 10.9. The molecule has 2 rings (SSSR count). The third kappa shape index (κ3) is 2.88. The Bertz CT molecular complexity index is 565. The van der Waals surface area contributed by atoms with Crippen LogP contribution in [-0.4, -0.2) is 36.1 Å². The lowest BCUT2D eigenvalue weighted by atomic mass is 10.1. The normalized spacial score (nSPS) is 16.4. The summed E-state index contributed by atoms with van der Waals surface area (Å²) < 4.78 is 0. The van der Waals surface area contributed by atoms with Crippen molar-refractivity contribution in [2.24, 2.45) is 0 Å². The largest absolute Gasteiger partial charge is 0.480 e.